The van der Waals surface area contributed by atoms with E-state index in [0.29, 0.717) is 10.5 Å². The van der Waals surface area contributed by atoms with Gasteiger partial charge in [-0.3, -0.25) is 19.3 Å². The van der Waals surface area contributed by atoms with Gasteiger partial charge in [-0.25, -0.2) is 14.5 Å². The number of amides is 4. The molecule has 0 bridgehead atoms. The van der Waals surface area contributed by atoms with Crippen molar-refractivity contribution in [3.63, 3.8) is 0 Å². The number of nitrogens with zero attached hydrogens (tertiary/aromatic N) is 2. The van der Waals surface area contributed by atoms with Crippen LogP contribution >= 0.6 is 11.6 Å². The molecule has 1 saturated heterocycles. The van der Waals surface area contributed by atoms with Crippen LogP contribution in [0.3, 0.4) is 0 Å². The lowest BCUT2D eigenvalue weighted by Crippen LogP contribution is -2.52. The largest absolute Gasteiger partial charge is 0.508 e. The number of hydrogen-bond donors (Lipinski definition) is 2. The average Bonchev–Trinajstić information content (AvgIpc) is 3.36. The summed E-state index contributed by atoms with van der Waals surface area (Å²) in [6.07, 6.45) is 10.1. The van der Waals surface area contributed by atoms with Crippen LogP contribution in [0.1, 0.15) is 104 Å². The SMILES string of the molecule is CCCCCCCCCCCCOC(=O)c1ccc(Cl)c(NC(=O)C(C(=O)c2ccc(O)cc2)N2C(=O)C(OCC)N(Cc3ccccc3)C2=O)c1. The molecule has 12 heteroatoms. The number of phenols is 1. The summed E-state index contributed by atoms with van der Waals surface area (Å²) in [5.74, 6) is -3.57. The monoisotopic (exact) mass is 733 g/mol. The van der Waals surface area contributed by atoms with Gasteiger partial charge in [-0.15, -0.1) is 0 Å². The summed E-state index contributed by atoms with van der Waals surface area (Å²) in [6.45, 7) is 4.15. The van der Waals surface area contributed by atoms with Crippen molar-refractivity contribution in [3.8, 4) is 5.75 Å². The van der Waals surface area contributed by atoms with Crippen molar-refractivity contribution in [2.24, 2.45) is 0 Å². The Labute approximate surface area is 310 Å². The number of ether oxygens (including phenoxy) is 2. The molecule has 1 fully saturated rings. The van der Waals surface area contributed by atoms with Crippen LogP contribution in [0.2, 0.25) is 5.02 Å². The fourth-order valence-corrected chi connectivity index (χ4v) is 6.16. The van der Waals surface area contributed by atoms with Crippen molar-refractivity contribution < 1.29 is 38.6 Å². The molecule has 1 aliphatic rings. The molecule has 4 rings (SSSR count). The van der Waals surface area contributed by atoms with Gasteiger partial charge in [0.1, 0.15) is 5.75 Å². The Hall–Kier alpha value is -4.74. The van der Waals surface area contributed by atoms with Crippen LogP contribution in [-0.2, 0) is 25.6 Å². The molecule has 278 valence electrons. The van der Waals surface area contributed by atoms with E-state index in [9.17, 15) is 29.1 Å². The van der Waals surface area contributed by atoms with Gasteiger partial charge < -0.3 is 19.9 Å². The summed E-state index contributed by atoms with van der Waals surface area (Å²) >= 11 is 6.43. The Kier molecular flexibility index (Phi) is 15.7. The molecular formula is C40H48ClN3O8. The number of esters is 1. The third kappa shape index (κ3) is 10.9. The van der Waals surface area contributed by atoms with Crippen LogP contribution in [0.5, 0.6) is 5.75 Å². The van der Waals surface area contributed by atoms with E-state index in [1.54, 1.807) is 31.2 Å². The summed E-state index contributed by atoms with van der Waals surface area (Å²) in [7, 11) is 0. The summed E-state index contributed by atoms with van der Waals surface area (Å²) < 4.78 is 11.1. The van der Waals surface area contributed by atoms with Crippen molar-refractivity contribution in [1.82, 2.24) is 9.80 Å². The van der Waals surface area contributed by atoms with Gasteiger partial charge in [-0.2, -0.15) is 0 Å². The molecule has 0 aromatic heterocycles. The molecular weight excluding hydrogens is 686 g/mol. The number of hydrogen-bond acceptors (Lipinski definition) is 8. The maximum absolute atomic E-state index is 14.1. The number of anilines is 1. The third-order valence-corrected chi connectivity index (χ3v) is 9.13. The molecule has 1 aliphatic heterocycles. The van der Waals surface area contributed by atoms with Gasteiger partial charge in [-0.05, 0) is 61.4 Å². The van der Waals surface area contributed by atoms with Crippen molar-refractivity contribution in [3.05, 3.63) is 94.5 Å². The fourth-order valence-electron chi connectivity index (χ4n) is 6.00. The highest BCUT2D eigenvalue weighted by Crippen LogP contribution is 2.29. The van der Waals surface area contributed by atoms with E-state index in [2.05, 4.69) is 12.2 Å². The van der Waals surface area contributed by atoms with Gasteiger partial charge in [0.15, 0.2) is 11.8 Å². The topological polar surface area (TPSA) is 143 Å². The Morgan fingerprint density at radius 2 is 1.44 bits per heavy atom. The number of carbonyl (C=O) groups is 5. The molecule has 2 atom stereocenters. The molecule has 2 N–H and O–H groups in total. The standard InChI is InChI=1S/C40H48ClN3O8/c1-3-5-6-7-8-9-10-11-12-16-25-52-39(49)30-21-24-32(41)33(26-30)42-36(47)34(35(46)29-19-22-31(45)23-20-29)44-37(48)38(51-4-2)43(40(44)50)27-28-17-14-13-15-18-28/h13-15,17-24,26,34,38,45H,3-12,16,25,27H2,1-2H3,(H,42,47). The first-order chi connectivity index (χ1) is 25.2. The van der Waals surface area contributed by atoms with Crippen LogP contribution in [0.15, 0.2) is 72.8 Å². The lowest BCUT2D eigenvalue weighted by atomic mass is 10.0. The van der Waals surface area contributed by atoms with E-state index in [0.717, 1.165) is 30.6 Å². The molecule has 52 heavy (non-hydrogen) atoms. The second-order valence-electron chi connectivity index (χ2n) is 12.7. The van der Waals surface area contributed by atoms with Crippen LogP contribution in [0, 0.1) is 0 Å². The maximum Gasteiger partial charge on any atom is 0.338 e. The predicted octanol–water partition coefficient (Wildman–Crippen LogP) is 8.14. The number of aromatic hydroxyl groups is 1. The van der Waals surface area contributed by atoms with E-state index >= 15 is 0 Å². The number of benzene rings is 3. The number of unbranched alkanes of at least 4 members (excludes halogenated alkanes) is 9. The Morgan fingerprint density at radius 1 is 0.827 bits per heavy atom. The molecule has 0 radical (unpaired) electrons. The first-order valence-corrected chi connectivity index (χ1v) is 18.4. The summed E-state index contributed by atoms with van der Waals surface area (Å²) in [5, 5.41) is 12.4. The van der Waals surface area contributed by atoms with Gasteiger partial charge in [0, 0.05) is 12.2 Å². The number of phenolic OH excluding ortho intramolecular Hbond substituents is 1. The fraction of sp³-hybridized carbons (Fsp3) is 0.425. The van der Waals surface area contributed by atoms with Gasteiger partial charge in [0.2, 0.25) is 6.23 Å². The zero-order valence-corrected chi connectivity index (χ0v) is 30.6. The number of urea groups is 1. The number of imide groups is 1. The lowest BCUT2D eigenvalue weighted by molar-refractivity contribution is -0.144. The number of Topliss-reactive ketones (excluding diaryl/α,β-unsaturated/α-hetero) is 1. The number of carbonyl (C=O) groups excluding carboxylic acids is 5. The van der Waals surface area contributed by atoms with Crippen LogP contribution in [0.25, 0.3) is 0 Å². The highest BCUT2D eigenvalue weighted by atomic mass is 35.5. The maximum atomic E-state index is 14.1. The smallest absolute Gasteiger partial charge is 0.338 e. The summed E-state index contributed by atoms with van der Waals surface area (Å²) in [6, 6.07) is 15.3. The first kappa shape index (κ1) is 40.0. The highest BCUT2D eigenvalue weighted by molar-refractivity contribution is 6.34. The molecule has 3 aromatic carbocycles. The molecule has 3 aromatic rings. The van der Waals surface area contributed by atoms with Crippen molar-refractivity contribution >= 4 is 46.9 Å². The molecule has 0 spiro atoms. The minimum absolute atomic E-state index is 0.0230. The highest BCUT2D eigenvalue weighted by Gasteiger charge is 2.53. The minimum atomic E-state index is -1.99. The van der Waals surface area contributed by atoms with Crippen LogP contribution in [0.4, 0.5) is 10.5 Å². The number of halogens is 1. The zero-order valence-electron chi connectivity index (χ0n) is 29.9. The predicted molar refractivity (Wildman–Crippen MR) is 198 cm³/mol. The van der Waals surface area contributed by atoms with E-state index in [4.69, 9.17) is 21.1 Å². The third-order valence-electron chi connectivity index (χ3n) is 8.80. The summed E-state index contributed by atoms with van der Waals surface area (Å²) in [4.78, 5) is 70.5. The number of rotatable bonds is 21. The Morgan fingerprint density at radius 3 is 2.08 bits per heavy atom. The van der Waals surface area contributed by atoms with Gasteiger partial charge in [0.05, 0.1) is 29.4 Å². The van der Waals surface area contributed by atoms with E-state index in [1.165, 1.54) is 81.0 Å². The zero-order chi connectivity index (χ0) is 37.5. The van der Waals surface area contributed by atoms with Crippen molar-refractivity contribution in [2.45, 2.75) is 96.9 Å². The Balaban J connectivity index is 1.48. The minimum Gasteiger partial charge on any atom is -0.508 e. The van der Waals surface area contributed by atoms with Crippen LogP contribution in [-0.4, -0.2) is 70.0 Å². The molecule has 11 nitrogen and oxygen atoms in total. The van der Waals surface area contributed by atoms with E-state index in [1.807, 2.05) is 6.07 Å². The van der Waals surface area contributed by atoms with Gasteiger partial charge in [-0.1, -0.05) is 107 Å². The second kappa shape index (κ2) is 20.3. The number of nitrogens with one attached hydrogen (secondary N) is 1. The molecule has 0 saturated carbocycles. The summed E-state index contributed by atoms with van der Waals surface area (Å²) in [5.41, 5.74) is 0.755. The van der Waals surface area contributed by atoms with E-state index < -0.39 is 41.9 Å². The lowest BCUT2D eigenvalue weighted by Gasteiger charge is -2.25. The second-order valence-corrected chi connectivity index (χ2v) is 13.1. The van der Waals surface area contributed by atoms with E-state index in [-0.39, 0.29) is 47.3 Å². The normalized spacial score (nSPS) is 14.8. The van der Waals surface area contributed by atoms with Crippen LogP contribution < -0.4 is 5.32 Å². The number of ketones is 1. The molecule has 1 heterocycles. The van der Waals surface area contributed by atoms with Gasteiger partial charge >= 0.3 is 12.0 Å². The molecule has 4 amide bonds. The Bertz CT molecular complexity index is 1670. The van der Waals surface area contributed by atoms with Crippen molar-refractivity contribution in [2.75, 3.05) is 18.5 Å². The van der Waals surface area contributed by atoms with Gasteiger partial charge in [0.25, 0.3) is 11.8 Å². The quantitative estimate of drug-likeness (QED) is 0.0367. The average molecular weight is 734 g/mol. The molecule has 0 aliphatic carbocycles. The first-order valence-electron chi connectivity index (χ1n) is 18.1. The van der Waals surface area contributed by atoms with Crippen molar-refractivity contribution in [1.29, 1.82) is 0 Å². The molecule has 2 unspecified atom stereocenters.